The molecule has 0 heterocycles. The van der Waals surface area contributed by atoms with Crippen molar-refractivity contribution < 1.29 is 0 Å². The minimum Gasteiger partial charge on any atom is -0.147 e. The summed E-state index contributed by atoms with van der Waals surface area (Å²) in [7, 11) is 1.09. The summed E-state index contributed by atoms with van der Waals surface area (Å²) in [4.78, 5) is 0. The highest BCUT2D eigenvalue weighted by molar-refractivity contribution is 7.37. The molecule has 0 saturated heterocycles. The van der Waals surface area contributed by atoms with Gasteiger partial charge < -0.3 is 0 Å². The van der Waals surface area contributed by atoms with Gasteiger partial charge in [-0.1, -0.05) is 44.2 Å². The van der Waals surface area contributed by atoms with Crippen molar-refractivity contribution in [1.82, 2.24) is 0 Å². The summed E-state index contributed by atoms with van der Waals surface area (Å²) in [5.74, 6) is 0.854. The largest absolute Gasteiger partial charge is 0.147 e. The van der Waals surface area contributed by atoms with Crippen LogP contribution in [0.3, 0.4) is 0 Å². The average Bonchev–Trinajstić information content (AvgIpc) is 2.05. The molecule has 0 saturated carbocycles. The molecule has 0 radical (unpaired) electrons. The zero-order chi connectivity index (χ0) is 8.81. The van der Waals surface area contributed by atoms with Gasteiger partial charge in [-0.25, -0.2) is 0 Å². The van der Waals surface area contributed by atoms with Gasteiger partial charge in [0.25, 0.3) is 0 Å². The summed E-state index contributed by atoms with van der Waals surface area (Å²) < 4.78 is 0. The van der Waals surface area contributed by atoms with Crippen LogP contribution in [0.5, 0.6) is 0 Å². The van der Waals surface area contributed by atoms with Crippen LogP contribution in [0.1, 0.15) is 19.4 Å². The maximum absolute atomic E-state index is 2.29. The topological polar surface area (TPSA) is 0 Å². The van der Waals surface area contributed by atoms with Crippen LogP contribution < -0.4 is 0 Å². The molecule has 74 valence electrons. The predicted molar refractivity (Wildman–Crippen MR) is 65.4 cm³/mol. The van der Waals surface area contributed by atoms with Crippen LogP contribution in [-0.2, 0) is 6.16 Å². The molecule has 0 bridgehead atoms. The Morgan fingerprint density at radius 2 is 1.77 bits per heavy atom. The maximum atomic E-state index is 2.29. The number of benzene rings is 1. The lowest BCUT2D eigenvalue weighted by Crippen LogP contribution is -1.89. The fourth-order valence-corrected chi connectivity index (χ4v) is 2.35. The summed E-state index contributed by atoms with van der Waals surface area (Å²) in [6.45, 7) is 4.58. The van der Waals surface area contributed by atoms with E-state index in [2.05, 4.69) is 44.2 Å². The molecule has 1 unspecified atom stereocenters. The van der Waals surface area contributed by atoms with Gasteiger partial charge in [0.05, 0.1) is 0 Å². The summed E-state index contributed by atoms with van der Waals surface area (Å²) in [5, 5.41) is 0. The van der Waals surface area contributed by atoms with Gasteiger partial charge in [0.2, 0.25) is 0 Å². The molecule has 2 heteroatoms. The van der Waals surface area contributed by atoms with Crippen molar-refractivity contribution in [3.8, 4) is 0 Å². The maximum Gasteiger partial charge on any atom is -0.0101 e. The number of hydrogen-bond donors (Lipinski definition) is 0. The molecular weight excluding hydrogens is 199 g/mol. The number of rotatable bonds is 4. The Hall–Kier alpha value is -0.0600. The Morgan fingerprint density at radius 1 is 1.15 bits per heavy atom. The lowest BCUT2D eigenvalue weighted by atomic mass is 10.2. The average molecular weight is 217 g/mol. The van der Waals surface area contributed by atoms with E-state index < -0.39 is 0 Å². The summed E-state index contributed by atoms with van der Waals surface area (Å²) in [6, 6.07) is 10.8. The van der Waals surface area contributed by atoms with E-state index in [1.165, 1.54) is 17.9 Å². The highest BCUT2D eigenvalue weighted by atomic mass is 35.5. The fraction of sp³-hybridized carbons (Fsp3) is 0.455. The third kappa shape index (κ3) is 6.07. The Balaban J connectivity index is 0.00000144. The highest BCUT2D eigenvalue weighted by Crippen LogP contribution is 2.20. The minimum absolute atomic E-state index is 0. The van der Waals surface area contributed by atoms with E-state index in [1.807, 2.05) is 0 Å². The smallest absolute Gasteiger partial charge is 0.0101 e. The first kappa shape index (κ1) is 12.9. The van der Waals surface area contributed by atoms with Crippen LogP contribution in [-0.4, -0.2) is 6.16 Å². The standard InChI is InChI=1S/C11H17P.ClH/c1-10(2)8-12-9-11-6-4-3-5-7-11;/h3-7,10,12H,8-9H2,1-2H3;1H. The van der Waals surface area contributed by atoms with Crippen molar-refractivity contribution in [2.75, 3.05) is 6.16 Å². The second kappa shape index (κ2) is 7.35. The minimum atomic E-state index is 0. The Kier molecular flexibility index (Phi) is 7.32. The first-order valence-electron chi connectivity index (χ1n) is 4.53. The van der Waals surface area contributed by atoms with Gasteiger partial charge >= 0.3 is 0 Å². The quantitative estimate of drug-likeness (QED) is 0.669. The predicted octanol–water partition coefficient (Wildman–Crippen LogP) is 3.94. The summed E-state index contributed by atoms with van der Waals surface area (Å²) in [6.07, 6.45) is 2.63. The van der Waals surface area contributed by atoms with Crippen molar-refractivity contribution in [3.05, 3.63) is 35.9 Å². The first-order chi connectivity index (χ1) is 5.79. The van der Waals surface area contributed by atoms with E-state index in [-0.39, 0.29) is 12.4 Å². The van der Waals surface area contributed by atoms with Crippen molar-refractivity contribution in [3.63, 3.8) is 0 Å². The Morgan fingerprint density at radius 3 is 2.31 bits per heavy atom. The molecule has 0 aromatic heterocycles. The van der Waals surface area contributed by atoms with Gasteiger partial charge in [0.15, 0.2) is 0 Å². The molecule has 0 spiro atoms. The normalized spacial score (nSPS) is 10.7. The van der Waals surface area contributed by atoms with E-state index in [1.54, 1.807) is 0 Å². The van der Waals surface area contributed by atoms with E-state index in [0.717, 1.165) is 14.5 Å². The van der Waals surface area contributed by atoms with Crippen molar-refractivity contribution in [2.24, 2.45) is 5.92 Å². The van der Waals surface area contributed by atoms with E-state index >= 15 is 0 Å². The van der Waals surface area contributed by atoms with Crippen LogP contribution in [0.15, 0.2) is 30.3 Å². The molecule has 0 aliphatic rings. The summed E-state index contributed by atoms with van der Waals surface area (Å²) in [5.41, 5.74) is 1.48. The molecule has 0 aliphatic carbocycles. The molecule has 1 aromatic rings. The lowest BCUT2D eigenvalue weighted by Gasteiger charge is -2.04. The van der Waals surface area contributed by atoms with Crippen molar-refractivity contribution >= 4 is 21.0 Å². The summed E-state index contributed by atoms with van der Waals surface area (Å²) >= 11 is 0. The van der Waals surface area contributed by atoms with Crippen LogP contribution >= 0.6 is 21.0 Å². The second-order valence-electron chi connectivity index (χ2n) is 3.51. The molecule has 0 amide bonds. The monoisotopic (exact) mass is 216 g/mol. The van der Waals surface area contributed by atoms with Crippen molar-refractivity contribution in [1.29, 1.82) is 0 Å². The zero-order valence-electron chi connectivity index (χ0n) is 8.29. The molecule has 0 aliphatic heterocycles. The van der Waals surface area contributed by atoms with Gasteiger partial charge in [-0.15, -0.1) is 21.0 Å². The molecule has 0 fully saturated rings. The molecule has 1 rings (SSSR count). The lowest BCUT2D eigenvalue weighted by molar-refractivity contribution is 0.747. The third-order valence-corrected chi connectivity index (χ3v) is 3.49. The van der Waals surface area contributed by atoms with Crippen LogP contribution in [0.2, 0.25) is 0 Å². The highest BCUT2D eigenvalue weighted by Gasteiger charge is 1.94. The molecule has 0 N–H and O–H groups in total. The van der Waals surface area contributed by atoms with Crippen LogP contribution in [0.25, 0.3) is 0 Å². The fourth-order valence-electron chi connectivity index (χ4n) is 1.10. The van der Waals surface area contributed by atoms with Crippen molar-refractivity contribution in [2.45, 2.75) is 20.0 Å². The molecular formula is C11H18ClP. The van der Waals surface area contributed by atoms with Gasteiger partial charge in [-0.05, 0) is 23.8 Å². The zero-order valence-corrected chi connectivity index (χ0v) is 10.1. The molecule has 1 atom stereocenters. The molecule has 13 heavy (non-hydrogen) atoms. The SMILES string of the molecule is CC(C)CPCc1ccccc1.Cl. The Bertz CT molecular complexity index is 209. The van der Waals surface area contributed by atoms with E-state index in [4.69, 9.17) is 0 Å². The molecule has 0 nitrogen and oxygen atoms in total. The van der Waals surface area contributed by atoms with E-state index in [9.17, 15) is 0 Å². The number of hydrogen-bond acceptors (Lipinski definition) is 0. The van der Waals surface area contributed by atoms with Gasteiger partial charge in [-0.3, -0.25) is 0 Å². The van der Waals surface area contributed by atoms with Crippen LogP contribution in [0, 0.1) is 5.92 Å². The van der Waals surface area contributed by atoms with Crippen LogP contribution in [0.4, 0.5) is 0 Å². The van der Waals surface area contributed by atoms with Gasteiger partial charge in [0.1, 0.15) is 0 Å². The third-order valence-electron chi connectivity index (χ3n) is 1.72. The first-order valence-corrected chi connectivity index (χ1v) is 5.95. The number of halogens is 1. The second-order valence-corrected chi connectivity index (χ2v) is 4.77. The Labute approximate surface area is 89.3 Å². The van der Waals surface area contributed by atoms with Gasteiger partial charge in [-0.2, -0.15) is 0 Å². The molecule has 1 aromatic carbocycles. The van der Waals surface area contributed by atoms with Gasteiger partial charge in [0, 0.05) is 0 Å². The van der Waals surface area contributed by atoms with E-state index in [0.29, 0.717) is 0 Å².